The minimum Gasteiger partial charge on any atom is -0.472 e. The Balaban J connectivity index is 2.08. The second kappa shape index (κ2) is 6.02. The summed E-state index contributed by atoms with van der Waals surface area (Å²) in [5.41, 5.74) is 1.02. The SMILES string of the molecule is CNc1ncnc(OCc2ccc(Cl)cc2)c1Br. The van der Waals surface area contributed by atoms with Gasteiger partial charge >= 0.3 is 0 Å². The quantitative estimate of drug-likeness (QED) is 0.933. The third-order valence-electron chi connectivity index (χ3n) is 2.28. The van der Waals surface area contributed by atoms with Crippen LogP contribution in [0.2, 0.25) is 5.02 Å². The topological polar surface area (TPSA) is 47.0 Å². The van der Waals surface area contributed by atoms with E-state index in [0.717, 1.165) is 5.56 Å². The van der Waals surface area contributed by atoms with Gasteiger partial charge in [0.25, 0.3) is 0 Å². The molecule has 0 aliphatic heterocycles. The monoisotopic (exact) mass is 327 g/mol. The highest BCUT2D eigenvalue weighted by Gasteiger charge is 2.08. The van der Waals surface area contributed by atoms with Crippen molar-refractivity contribution in [2.45, 2.75) is 6.61 Å². The minimum absolute atomic E-state index is 0.427. The van der Waals surface area contributed by atoms with Gasteiger partial charge in [0, 0.05) is 12.1 Å². The summed E-state index contributed by atoms with van der Waals surface area (Å²) in [6.07, 6.45) is 1.45. The summed E-state index contributed by atoms with van der Waals surface area (Å²) < 4.78 is 6.33. The van der Waals surface area contributed by atoms with E-state index in [1.165, 1.54) is 6.33 Å². The van der Waals surface area contributed by atoms with Gasteiger partial charge in [0.15, 0.2) is 0 Å². The lowest BCUT2D eigenvalue weighted by molar-refractivity contribution is 0.291. The first-order valence-corrected chi connectivity index (χ1v) is 6.43. The smallest absolute Gasteiger partial charge is 0.233 e. The van der Waals surface area contributed by atoms with Gasteiger partial charge in [-0.2, -0.15) is 0 Å². The van der Waals surface area contributed by atoms with Gasteiger partial charge in [0.2, 0.25) is 5.88 Å². The van der Waals surface area contributed by atoms with Crippen LogP contribution in [0.15, 0.2) is 35.1 Å². The van der Waals surface area contributed by atoms with Crippen LogP contribution < -0.4 is 10.1 Å². The van der Waals surface area contributed by atoms with Crippen LogP contribution in [-0.4, -0.2) is 17.0 Å². The zero-order chi connectivity index (χ0) is 13.0. The molecule has 0 bridgehead atoms. The lowest BCUT2D eigenvalue weighted by Gasteiger charge is -2.09. The summed E-state index contributed by atoms with van der Waals surface area (Å²) in [4.78, 5) is 8.13. The van der Waals surface area contributed by atoms with E-state index < -0.39 is 0 Å². The molecular formula is C12H11BrClN3O. The van der Waals surface area contributed by atoms with E-state index in [4.69, 9.17) is 16.3 Å². The molecule has 6 heteroatoms. The summed E-state index contributed by atoms with van der Waals surface area (Å²) in [6.45, 7) is 0.427. The van der Waals surface area contributed by atoms with E-state index in [2.05, 4.69) is 31.2 Å². The van der Waals surface area contributed by atoms with Crippen LogP contribution in [-0.2, 0) is 6.61 Å². The van der Waals surface area contributed by atoms with Gasteiger partial charge in [-0.3, -0.25) is 0 Å². The number of halogens is 2. The maximum atomic E-state index is 5.82. The van der Waals surface area contributed by atoms with Crippen LogP contribution in [0.3, 0.4) is 0 Å². The fourth-order valence-electron chi connectivity index (χ4n) is 1.36. The Morgan fingerprint density at radius 3 is 2.67 bits per heavy atom. The van der Waals surface area contributed by atoms with E-state index in [-0.39, 0.29) is 0 Å². The zero-order valence-electron chi connectivity index (χ0n) is 9.65. The molecule has 0 saturated carbocycles. The summed E-state index contributed by atoms with van der Waals surface area (Å²) in [5.74, 6) is 1.19. The van der Waals surface area contributed by atoms with Crippen LogP contribution in [0, 0.1) is 0 Å². The molecule has 4 nitrogen and oxygen atoms in total. The van der Waals surface area contributed by atoms with Gasteiger partial charge in [-0.15, -0.1) is 0 Å². The van der Waals surface area contributed by atoms with Crippen molar-refractivity contribution in [2.75, 3.05) is 12.4 Å². The number of nitrogens with zero attached hydrogens (tertiary/aromatic N) is 2. The maximum absolute atomic E-state index is 5.82. The normalized spacial score (nSPS) is 10.2. The predicted octanol–water partition coefficient (Wildman–Crippen LogP) is 3.51. The number of aromatic nitrogens is 2. The molecule has 1 aromatic carbocycles. The second-order valence-electron chi connectivity index (χ2n) is 3.51. The average Bonchev–Trinajstić information content (AvgIpc) is 2.39. The number of benzene rings is 1. The van der Waals surface area contributed by atoms with Crippen molar-refractivity contribution in [3.8, 4) is 5.88 Å². The lowest BCUT2D eigenvalue weighted by atomic mass is 10.2. The van der Waals surface area contributed by atoms with Crippen molar-refractivity contribution in [1.29, 1.82) is 0 Å². The summed E-state index contributed by atoms with van der Waals surface area (Å²) in [5, 5.41) is 3.65. The van der Waals surface area contributed by atoms with Gasteiger partial charge in [-0.25, -0.2) is 9.97 Å². The van der Waals surface area contributed by atoms with Gasteiger partial charge < -0.3 is 10.1 Å². The first kappa shape index (κ1) is 13.1. The first-order valence-electron chi connectivity index (χ1n) is 5.26. The van der Waals surface area contributed by atoms with Crippen molar-refractivity contribution in [3.05, 3.63) is 45.7 Å². The lowest BCUT2D eigenvalue weighted by Crippen LogP contribution is -2.01. The van der Waals surface area contributed by atoms with Crippen molar-refractivity contribution in [3.63, 3.8) is 0 Å². The molecule has 0 saturated heterocycles. The number of nitrogens with one attached hydrogen (secondary N) is 1. The van der Waals surface area contributed by atoms with Crippen molar-refractivity contribution in [1.82, 2.24) is 9.97 Å². The molecule has 1 heterocycles. The van der Waals surface area contributed by atoms with Gasteiger partial charge in [0.1, 0.15) is 23.2 Å². The van der Waals surface area contributed by atoms with Crippen molar-refractivity contribution >= 4 is 33.3 Å². The summed E-state index contributed by atoms with van der Waals surface area (Å²) in [7, 11) is 1.79. The fourth-order valence-corrected chi connectivity index (χ4v) is 2.00. The van der Waals surface area contributed by atoms with Gasteiger partial charge in [-0.05, 0) is 33.6 Å². The van der Waals surface area contributed by atoms with Crippen LogP contribution in [0.4, 0.5) is 5.82 Å². The highest BCUT2D eigenvalue weighted by Crippen LogP contribution is 2.28. The third-order valence-corrected chi connectivity index (χ3v) is 3.25. The Morgan fingerprint density at radius 1 is 1.28 bits per heavy atom. The summed E-state index contributed by atoms with van der Waals surface area (Å²) >= 11 is 9.21. The maximum Gasteiger partial charge on any atom is 0.233 e. The largest absolute Gasteiger partial charge is 0.472 e. The minimum atomic E-state index is 0.427. The Labute approximate surface area is 118 Å². The molecule has 2 rings (SSSR count). The fraction of sp³-hybridized carbons (Fsp3) is 0.167. The molecule has 0 unspecified atom stereocenters. The molecule has 0 radical (unpaired) electrons. The van der Waals surface area contributed by atoms with Crippen molar-refractivity contribution in [2.24, 2.45) is 0 Å². The van der Waals surface area contributed by atoms with E-state index in [9.17, 15) is 0 Å². The molecule has 0 amide bonds. The molecule has 0 aliphatic rings. The molecule has 94 valence electrons. The van der Waals surface area contributed by atoms with E-state index >= 15 is 0 Å². The molecular weight excluding hydrogens is 318 g/mol. The van der Waals surface area contributed by atoms with Crippen LogP contribution >= 0.6 is 27.5 Å². The van der Waals surface area contributed by atoms with E-state index in [1.807, 2.05) is 24.3 Å². The molecule has 0 spiro atoms. The standard InChI is InChI=1S/C12H11BrClN3O/c1-15-11-10(13)12(17-7-16-11)18-6-8-2-4-9(14)5-3-8/h2-5,7H,6H2,1H3,(H,15,16,17). The van der Waals surface area contributed by atoms with E-state index in [1.54, 1.807) is 7.05 Å². The Morgan fingerprint density at radius 2 is 2.00 bits per heavy atom. The van der Waals surface area contributed by atoms with Crippen LogP contribution in [0.5, 0.6) is 5.88 Å². The molecule has 0 aliphatic carbocycles. The zero-order valence-corrected chi connectivity index (χ0v) is 12.0. The number of anilines is 1. The predicted molar refractivity (Wildman–Crippen MR) is 75.1 cm³/mol. The Bertz CT molecular complexity index is 533. The summed E-state index contributed by atoms with van der Waals surface area (Å²) in [6, 6.07) is 7.48. The highest BCUT2D eigenvalue weighted by molar-refractivity contribution is 9.10. The Hall–Kier alpha value is -1.33. The Kier molecular flexibility index (Phi) is 4.38. The number of hydrogen-bond donors (Lipinski definition) is 1. The highest BCUT2D eigenvalue weighted by atomic mass is 79.9. The molecule has 0 atom stereocenters. The molecule has 2 aromatic rings. The second-order valence-corrected chi connectivity index (χ2v) is 4.74. The molecule has 1 aromatic heterocycles. The van der Waals surface area contributed by atoms with Gasteiger partial charge in [-0.1, -0.05) is 23.7 Å². The first-order chi connectivity index (χ1) is 8.70. The number of rotatable bonds is 4. The van der Waals surface area contributed by atoms with Crippen LogP contribution in [0.25, 0.3) is 0 Å². The number of ether oxygens (including phenoxy) is 1. The average molecular weight is 329 g/mol. The van der Waals surface area contributed by atoms with Gasteiger partial charge in [0.05, 0.1) is 0 Å². The van der Waals surface area contributed by atoms with E-state index in [0.29, 0.717) is 27.8 Å². The number of hydrogen-bond acceptors (Lipinski definition) is 4. The van der Waals surface area contributed by atoms with Crippen LogP contribution in [0.1, 0.15) is 5.56 Å². The van der Waals surface area contributed by atoms with Crippen molar-refractivity contribution < 1.29 is 4.74 Å². The molecule has 1 N–H and O–H groups in total. The third kappa shape index (κ3) is 3.11. The molecule has 18 heavy (non-hydrogen) atoms. The molecule has 0 fully saturated rings.